The van der Waals surface area contributed by atoms with Crippen molar-refractivity contribution in [3.8, 4) is 0 Å². The van der Waals surface area contributed by atoms with Crippen molar-refractivity contribution in [2.24, 2.45) is 0 Å². The first-order valence-electron chi connectivity index (χ1n) is 4.66. The molecule has 0 aromatic heterocycles. The Kier molecular flexibility index (Phi) is 2.61. The van der Waals surface area contributed by atoms with Crippen LogP contribution in [0.25, 0.3) is 0 Å². The predicted molar refractivity (Wildman–Crippen MR) is 59.0 cm³/mol. The number of benzene rings is 1. The summed E-state index contributed by atoms with van der Waals surface area (Å²) >= 11 is 2.04. The van der Waals surface area contributed by atoms with Gasteiger partial charge < -0.3 is 0 Å². The molecule has 1 atom stereocenters. The SMILES string of the molecule is Cc1ccc(C2SCCN2C)cc1. The van der Waals surface area contributed by atoms with E-state index in [2.05, 4.69) is 43.1 Å². The molecule has 0 spiro atoms. The fraction of sp³-hybridized carbons (Fsp3) is 0.455. The van der Waals surface area contributed by atoms with Crippen LogP contribution in [0.4, 0.5) is 0 Å². The van der Waals surface area contributed by atoms with Crippen LogP contribution < -0.4 is 0 Å². The highest BCUT2D eigenvalue weighted by Gasteiger charge is 2.22. The number of rotatable bonds is 1. The third-order valence-corrected chi connectivity index (χ3v) is 3.85. The molecule has 1 fully saturated rings. The number of thioether (sulfide) groups is 1. The van der Waals surface area contributed by atoms with Gasteiger partial charge in [-0.05, 0) is 19.5 Å². The van der Waals surface area contributed by atoms with Crippen molar-refractivity contribution in [3.63, 3.8) is 0 Å². The molecule has 0 N–H and O–H groups in total. The van der Waals surface area contributed by atoms with Crippen molar-refractivity contribution in [2.75, 3.05) is 19.3 Å². The van der Waals surface area contributed by atoms with Crippen molar-refractivity contribution < 1.29 is 0 Å². The zero-order valence-electron chi connectivity index (χ0n) is 8.16. The van der Waals surface area contributed by atoms with E-state index >= 15 is 0 Å². The van der Waals surface area contributed by atoms with E-state index in [0.29, 0.717) is 5.37 Å². The molecule has 1 heterocycles. The third kappa shape index (κ3) is 1.89. The molecule has 0 radical (unpaired) electrons. The maximum atomic E-state index is 2.41. The lowest BCUT2D eigenvalue weighted by atomic mass is 10.1. The van der Waals surface area contributed by atoms with Gasteiger partial charge in [-0.1, -0.05) is 29.8 Å². The van der Waals surface area contributed by atoms with Crippen LogP contribution in [-0.4, -0.2) is 24.2 Å². The first-order chi connectivity index (χ1) is 6.27. The first-order valence-corrected chi connectivity index (χ1v) is 5.70. The Bertz CT molecular complexity index is 281. The van der Waals surface area contributed by atoms with Gasteiger partial charge >= 0.3 is 0 Å². The Labute approximate surface area is 84.1 Å². The van der Waals surface area contributed by atoms with E-state index < -0.39 is 0 Å². The topological polar surface area (TPSA) is 3.24 Å². The predicted octanol–water partition coefficient (Wildman–Crippen LogP) is 2.67. The molecular formula is C11H15NS. The fourth-order valence-corrected chi connectivity index (χ4v) is 2.96. The van der Waals surface area contributed by atoms with Gasteiger partial charge in [0.1, 0.15) is 0 Å². The van der Waals surface area contributed by atoms with Gasteiger partial charge in [-0.3, -0.25) is 4.90 Å². The van der Waals surface area contributed by atoms with Crippen molar-refractivity contribution in [2.45, 2.75) is 12.3 Å². The molecule has 1 unspecified atom stereocenters. The number of hydrogen-bond acceptors (Lipinski definition) is 2. The second kappa shape index (κ2) is 3.72. The highest BCUT2D eigenvalue weighted by molar-refractivity contribution is 7.99. The molecule has 1 aliphatic rings. The van der Waals surface area contributed by atoms with Crippen LogP contribution >= 0.6 is 11.8 Å². The van der Waals surface area contributed by atoms with E-state index in [1.807, 2.05) is 11.8 Å². The second-order valence-electron chi connectivity index (χ2n) is 3.61. The minimum Gasteiger partial charge on any atom is -0.290 e. The lowest BCUT2D eigenvalue weighted by molar-refractivity contribution is 0.358. The molecule has 2 heteroatoms. The molecule has 0 bridgehead atoms. The van der Waals surface area contributed by atoms with Crippen LogP contribution in [-0.2, 0) is 0 Å². The summed E-state index contributed by atoms with van der Waals surface area (Å²) < 4.78 is 0. The number of hydrogen-bond donors (Lipinski definition) is 0. The van der Waals surface area contributed by atoms with Crippen LogP contribution in [0.1, 0.15) is 16.5 Å². The van der Waals surface area contributed by atoms with E-state index in [0.717, 1.165) is 0 Å². The molecule has 0 aliphatic carbocycles. The summed E-state index contributed by atoms with van der Waals surface area (Å²) in [6, 6.07) is 8.88. The van der Waals surface area contributed by atoms with Gasteiger partial charge in [-0.2, -0.15) is 0 Å². The largest absolute Gasteiger partial charge is 0.290 e. The molecule has 13 heavy (non-hydrogen) atoms. The lowest BCUT2D eigenvalue weighted by Gasteiger charge is -2.18. The minimum atomic E-state index is 0.584. The molecule has 2 rings (SSSR count). The maximum Gasteiger partial charge on any atom is 0.0812 e. The van der Waals surface area contributed by atoms with Crippen LogP contribution in [0, 0.1) is 6.92 Å². The summed E-state index contributed by atoms with van der Waals surface area (Å²) in [6.07, 6.45) is 0. The Morgan fingerprint density at radius 3 is 2.54 bits per heavy atom. The number of nitrogens with zero attached hydrogens (tertiary/aromatic N) is 1. The van der Waals surface area contributed by atoms with E-state index in [1.54, 1.807) is 0 Å². The normalized spacial score (nSPS) is 23.7. The van der Waals surface area contributed by atoms with E-state index in [9.17, 15) is 0 Å². The average Bonchev–Trinajstić information content (AvgIpc) is 2.53. The van der Waals surface area contributed by atoms with Crippen molar-refractivity contribution >= 4 is 11.8 Å². The summed E-state index contributed by atoms with van der Waals surface area (Å²) in [5.41, 5.74) is 2.78. The molecule has 1 aromatic rings. The maximum absolute atomic E-state index is 2.41. The zero-order valence-corrected chi connectivity index (χ0v) is 8.97. The van der Waals surface area contributed by atoms with Crippen LogP contribution in [0.5, 0.6) is 0 Å². The standard InChI is InChI=1S/C11H15NS/c1-9-3-5-10(6-4-9)11-12(2)7-8-13-11/h3-6,11H,7-8H2,1-2H3. The summed E-state index contributed by atoms with van der Waals surface area (Å²) in [4.78, 5) is 2.41. The first kappa shape index (κ1) is 9.10. The highest BCUT2D eigenvalue weighted by atomic mass is 32.2. The van der Waals surface area contributed by atoms with Crippen LogP contribution in [0.15, 0.2) is 24.3 Å². The Morgan fingerprint density at radius 1 is 1.31 bits per heavy atom. The van der Waals surface area contributed by atoms with Crippen molar-refractivity contribution in [1.82, 2.24) is 4.90 Å². The third-order valence-electron chi connectivity index (χ3n) is 2.48. The molecule has 1 nitrogen and oxygen atoms in total. The minimum absolute atomic E-state index is 0.584. The molecule has 1 saturated heterocycles. The Morgan fingerprint density at radius 2 is 2.00 bits per heavy atom. The van der Waals surface area contributed by atoms with Gasteiger partial charge in [-0.25, -0.2) is 0 Å². The second-order valence-corrected chi connectivity index (χ2v) is 4.80. The molecule has 1 aromatic carbocycles. The van der Waals surface area contributed by atoms with Crippen LogP contribution in [0.3, 0.4) is 0 Å². The summed E-state index contributed by atoms with van der Waals surface area (Å²) in [5, 5.41) is 0.584. The lowest BCUT2D eigenvalue weighted by Crippen LogP contribution is -2.16. The molecule has 1 aliphatic heterocycles. The highest BCUT2D eigenvalue weighted by Crippen LogP contribution is 2.36. The smallest absolute Gasteiger partial charge is 0.0812 e. The van der Waals surface area contributed by atoms with E-state index in [1.165, 1.54) is 23.4 Å². The molecule has 0 saturated carbocycles. The zero-order chi connectivity index (χ0) is 9.26. The number of aryl methyl sites for hydroxylation is 1. The van der Waals surface area contributed by atoms with Gasteiger partial charge in [0.25, 0.3) is 0 Å². The van der Waals surface area contributed by atoms with Crippen LogP contribution in [0.2, 0.25) is 0 Å². The summed E-state index contributed by atoms with van der Waals surface area (Å²) in [7, 11) is 2.20. The average molecular weight is 193 g/mol. The quantitative estimate of drug-likeness (QED) is 0.674. The van der Waals surface area contributed by atoms with Crippen molar-refractivity contribution in [1.29, 1.82) is 0 Å². The fourth-order valence-electron chi connectivity index (χ4n) is 1.63. The Hall–Kier alpha value is -0.470. The monoisotopic (exact) mass is 193 g/mol. The molecule has 70 valence electrons. The van der Waals surface area contributed by atoms with E-state index in [4.69, 9.17) is 0 Å². The molecular weight excluding hydrogens is 178 g/mol. The van der Waals surface area contributed by atoms with Gasteiger partial charge in [0.05, 0.1) is 5.37 Å². The molecule has 0 amide bonds. The Balaban J connectivity index is 2.20. The van der Waals surface area contributed by atoms with Gasteiger partial charge in [0, 0.05) is 12.3 Å². The van der Waals surface area contributed by atoms with Gasteiger partial charge in [-0.15, -0.1) is 11.8 Å². The van der Waals surface area contributed by atoms with Gasteiger partial charge in [0.15, 0.2) is 0 Å². The van der Waals surface area contributed by atoms with Crippen molar-refractivity contribution in [3.05, 3.63) is 35.4 Å². The summed E-state index contributed by atoms with van der Waals surface area (Å²) in [5.74, 6) is 1.26. The van der Waals surface area contributed by atoms with Gasteiger partial charge in [0.2, 0.25) is 0 Å². The summed E-state index contributed by atoms with van der Waals surface area (Å²) in [6.45, 7) is 3.35. The van der Waals surface area contributed by atoms with E-state index in [-0.39, 0.29) is 0 Å².